The van der Waals surface area contributed by atoms with Crippen LogP contribution < -0.4 is 5.32 Å². The van der Waals surface area contributed by atoms with Crippen molar-refractivity contribution in [3.8, 4) is 0 Å². The largest absolute Gasteiger partial charge is 0.321 e. The van der Waals surface area contributed by atoms with Gasteiger partial charge in [0.1, 0.15) is 10.7 Å². The molecule has 3 aromatic rings. The van der Waals surface area contributed by atoms with Gasteiger partial charge >= 0.3 is 0 Å². The number of anilines is 1. The topological polar surface area (TPSA) is 29.1 Å². The minimum Gasteiger partial charge on any atom is -0.321 e. The summed E-state index contributed by atoms with van der Waals surface area (Å²) in [5.41, 5.74) is 0.406. The number of hydrogen-bond acceptors (Lipinski definition) is 2. The maximum atomic E-state index is 13.1. The molecule has 1 N–H and O–H groups in total. The molecule has 0 atom stereocenters. The van der Waals surface area contributed by atoms with Gasteiger partial charge in [0.05, 0.1) is 5.02 Å². The Bertz CT molecular complexity index is 800. The van der Waals surface area contributed by atoms with Gasteiger partial charge in [-0.05, 0) is 24.3 Å². The molecule has 0 aliphatic carbocycles. The number of benzene rings is 2. The fourth-order valence-corrected chi connectivity index (χ4v) is 3.33. The fraction of sp³-hybridized carbons (Fsp3) is 0.0625. The first-order valence-corrected chi connectivity index (χ1v) is 7.08. The molecular formula is C16H13ClFNOS. The fourth-order valence-electron chi connectivity index (χ4n) is 1.91. The molecule has 0 unspecified atom stereocenters. The Morgan fingerprint density at radius 2 is 1.90 bits per heavy atom. The van der Waals surface area contributed by atoms with Crippen LogP contribution in [0.2, 0.25) is 5.02 Å². The van der Waals surface area contributed by atoms with Crippen molar-refractivity contribution < 1.29 is 9.18 Å². The zero-order valence-corrected chi connectivity index (χ0v) is 11.8. The maximum Gasteiger partial charge on any atom is 0.267 e. The molecule has 108 valence electrons. The van der Waals surface area contributed by atoms with Crippen molar-refractivity contribution in [2.24, 2.45) is 0 Å². The number of halogens is 2. The molecule has 0 fully saturated rings. The Labute approximate surface area is 131 Å². The van der Waals surface area contributed by atoms with Crippen LogP contribution in [0.25, 0.3) is 10.1 Å². The number of carbonyl (C=O) groups excluding carboxylic acids is 1. The quantitative estimate of drug-likeness (QED) is 0.655. The summed E-state index contributed by atoms with van der Waals surface area (Å²) in [5, 5.41) is 3.93. The van der Waals surface area contributed by atoms with E-state index in [4.69, 9.17) is 11.6 Å². The van der Waals surface area contributed by atoms with Gasteiger partial charge in [-0.2, -0.15) is 0 Å². The molecule has 0 aliphatic heterocycles. The smallest absolute Gasteiger partial charge is 0.267 e. The van der Waals surface area contributed by atoms with Crippen LogP contribution in [0.3, 0.4) is 0 Å². The van der Waals surface area contributed by atoms with E-state index in [0.29, 0.717) is 15.6 Å². The third kappa shape index (κ3) is 3.06. The van der Waals surface area contributed by atoms with Gasteiger partial charge in [-0.25, -0.2) is 4.39 Å². The Morgan fingerprint density at radius 1 is 1.14 bits per heavy atom. The van der Waals surface area contributed by atoms with Crippen LogP contribution in [0.15, 0.2) is 48.5 Å². The second kappa shape index (κ2) is 6.24. The second-order valence-electron chi connectivity index (χ2n) is 4.21. The van der Waals surface area contributed by atoms with E-state index >= 15 is 0 Å². The van der Waals surface area contributed by atoms with Crippen molar-refractivity contribution in [3.05, 3.63) is 64.2 Å². The van der Waals surface area contributed by atoms with Crippen molar-refractivity contribution in [2.45, 2.75) is 7.43 Å². The number of rotatable bonds is 2. The van der Waals surface area contributed by atoms with Crippen molar-refractivity contribution in [2.75, 3.05) is 5.32 Å². The van der Waals surface area contributed by atoms with Crippen LogP contribution in [0.4, 0.5) is 10.1 Å². The molecule has 5 heteroatoms. The molecular weight excluding hydrogens is 309 g/mol. The van der Waals surface area contributed by atoms with E-state index < -0.39 is 5.82 Å². The van der Waals surface area contributed by atoms with E-state index in [2.05, 4.69) is 5.32 Å². The second-order valence-corrected chi connectivity index (χ2v) is 5.64. The normalized spacial score (nSPS) is 10.2. The molecule has 0 radical (unpaired) electrons. The van der Waals surface area contributed by atoms with E-state index in [1.165, 1.54) is 29.5 Å². The zero-order valence-electron chi connectivity index (χ0n) is 10.2. The molecule has 0 saturated carbocycles. The van der Waals surface area contributed by atoms with Crippen molar-refractivity contribution in [1.82, 2.24) is 0 Å². The van der Waals surface area contributed by atoms with Crippen LogP contribution in [0.5, 0.6) is 0 Å². The van der Waals surface area contributed by atoms with Gasteiger partial charge in [0.25, 0.3) is 5.91 Å². The molecule has 3 rings (SSSR count). The van der Waals surface area contributed by atoms with E-state index in [9.17, 15) is 9.18 Å². The number of amides is 1. The monoisotopic (exact) mass is 321 g/mol. The summed E-state index contributed by atoms with van der Waals surface area (Å²) in [5.74, 6) is -0.730. The van der Waals surface area contributed by atoms with Gasteiger partial charge in [-0.3, -0.25) is 4.79 Å². The van der Waals surface area contributed by atoms with Gasteiger partial charge in [0.2, 0.25) is 0 Å². The lowest BCUT2D eigenvalue weighted by Crippen LogP contribution is -2.10. The van der Waals surface area contributed by atoms with E-state index in [-0.39, 0.29) is 13.3 Å². The zero-order chi connectivity index (χ0) is 14.1. The van der Waals surface area contributed by atoms with Crippen LogP contribution >= 0.6 is 22.9 Å². The van der Waals surface area contributed by atoms with E-state index in [1.807, 2.05) is 24.3 Å². The third-order valence-corrected chi connectivity index (χ3v) is 4.50. The summed E-state index contributed by atoms with van der Waals surface area (Å²) < 4.78 is 14.0. The van der Waals surface area contributed by atoms with Crippen LogP contribution in [-0.4, -0.2) is 5.91 Å². The first kappa shape index (κ1) is 15.5. The summed E-state index contributed by atoms with van der Waals surface area (Å²) >= 11 is 7.54. The Hall–Kier alpha value is -1.91. The lowest BCUT2D eigenvalue weighted by Gasteiger charge is -2.03. The summed E-state index contributed by atoms with van der Waals surface area (Å²) in [6.45, 7) is 0. The minimum atomic E-state index is -0.398. The molecule has 0 bridgehead atoms. The van der Waals surface area contributed by atoms with Gasteiger partial charge in [0.15, 0.2) is 0 Å². The Morgan fingerprint density at radius 3 is 2.62 bits per heavy atom. The highest BCUT2D eigenvalue weighted by Crippen LogP contribution is 2.35. The number of thiophene rings is 1. The first-order valence-electron chi connectivity index (χ1n) is 5.89. The molecule has 0 saturated heterocycles. The Balaban J connectivity index is 0.00000161. The maximum absolute atomic E-state index is 13.1. The molecule has 0 spiro atoms. The molecule has 1 heterocycles. The van der Waals surface area contributed by atoms with E-state index in [0.717, 1.165) is 10.1 Å². The lowest BCUT2D eigenvalue weighted by atomic mass is 10.2. The number of fused-ring (bicyclic) bond motifs is 1. The van der Waals surface area contributed by atoms with Crippen LogP contribution in [-0.2, 0) is 0 Å². The molecule has 1 amide bonds. The molecule has 21 heavy (non-hydrogen) atoms. The minimum absolute atomic E-state index is 0. The summed E-state index contributed by atoms with van der Waals surface area (Å²) in [7, 11) is 0. The van der Waals surface area contributed by atoms with E-state index in [1.54, 1.807) is 6.07 Å². The van der Waals surface area contributed by atoms with Crippen molar-refractivity contribution in [3.63, 3.8) is 0 Å². The lowest BCUT2D eigenvalue weighted by molar-refractivity contribution is 0.103. The van der Waals surface area contributed by atoms with Gasteiger partial charge < -0.3 is 5.32 Å². The SMILES string of the molecule is C.O=C(Nc1cccc(F)c1)c1sc2ccccc2c1Cl. The van der Waals surface area contributed by atoms with Crippen molar-refractivity contribution >= 4 is 44.6 Å². The highest BCUT2D eigenvalue weighted by Gasteiger charge is 2.16. The average Bonchev–Trinajstić information content (AvgIpc) is 2.77. The average molecular weight is 322 g/mol. The van der Waals surface area contributed by atoms with Crippen molar-refractivity contribution in [1.29, 1.82) is 0 Å². The number of carbonyl (C=O) groups is 1. The molecule has 2 aromatic carbocycles. The third-order valence-electron chi connectivity index (χ3n) is 2.82. The van der Waals surface area contributed by atoms with Crippen LogP contribution in [0.1, 0.15) is 17.1 Å². The molecule has 2 nitrogen and oxygen atoms in total. The van der Waals surface area contributed by atoms with Gasteiger partial charge in [0, 0.05) is 15.8 Å². The standard InChI is InChI=1S/C15H9ClFNOS.CH4/c16-13-11-6-1-2-7-12(11)20-14(13)15(19)18-10-5-3-4-9(17)8-10;/h1-8H,(H,18,19);1H4. The summed E-state index contributed by atoms with van der Waals surface area (Å²) in [6, 6.07) is 13.3. The highest BCUT2D eigenvalue weighted by molar-refractivity contribution is 7.21. The summed E-state index contributed by atoms with van der Waals surface area (Å²) in [6.07, 6.45) is 0. The Kier molecular flexibility index (Phi) is 4.60. The highest BCUT2D eigenvalue weighted by atomic mass is 35.5. The number of hydrogen-bond donors (Lipinski definition) is 1. The first-order chi connectivity index (χ1) is 9.65. The van der Waals surface area contributed by atoms with Gasteiger partial charge in [-0.15, -0.1) is 11.3 Å². The number of nitrogens with one attached hydrogen (secondary N) is 1. The molecule has 1 aromatic heterocycles. The molecule has 0 aliphatic rings. The summed E-state index contributed by atoms with van der Waals surface area (Å²) in [4.78, 5) is 12.6. The predicted molar refractivity (Wildman–Crippen MR) is 87.9 cm³/mol. The van der Waals surface area contributed by atoms with Gasteiger partial charge in [-0.1, -0.05) is 43.3 Å². The predicted octanol–water partition coefficient (Wildman–Crippen LogP) is 5.58. The van der Waals surface area contributed by atoms with Crippen LogP contribution in [0, 0.1) is 5.82 Å².